The van der Waals surface area contributed by atoms with E-state index in [1.807, 2.05) is 29.6 Å². The summed E-state index contributed by atoms with van der Waals surface area (Å²) in [5.74, 6) is 0. The predicted octanol–water partition coefficient (Wildman–Crippen LogP) is 5.57. The van der Waals surface area contributed by atoms with Crippen LogP contribution in [0.2, 0.25) is 0 Å². The summed E-state index contributed by atoms with van der Waals surface area (Å²) in [6.45, 7) is 0. The summed E-state index contributed by atoms with van der Waals surface area (Å²) < 4.78 is 3.30. The molecule has 0 saturated carbocycles. The molecule has 0 aliphatic carbocycles. The van der Waals surface area contributed by atoms with E-state index in [9.17, 15) is 5.11 Å². The molecule has 0 radical (unpaired) electrons. The molecule has 1 aromatic carbocycles. The van der Waals surface area contributed by atoms with Crippen LogP contribution in [0.4, 0.5) is 0 Å². The van der Waals surface area contributed by atoms with Crippen LogP contribution in [0.1, 0.15) is 16.5 Å². The molecule has 3 rings (SSSR count). The molecule has 0 spiro atoms. The van der Waals surface area contributed by atoms with Gasteiger partial charge < -0.3 is 5.11 Å². The van der Waals surface area contributed by atoms with Gasteiger partial charge in [-0.1, -0.05) is 12.1 Å². The minimum Gasteiger partial charge on any atom is -0.383 e. The third-order valence-corrected chi connectivity index (χ3v) is 6.39. The van der Waals surface area contributed by atoms with E-state index >= 15 is 0 Å². The van der Waals surface area contributed by atoms with Crippen molar-refractivity contribution in [2.45, 2.75) is 6.10 Å². The number of rotatable bonds is 2. The van der Waals surface area contributed by atoms with Gasteiger partial charge in [0.05, 0.1) is 3.79 Å². The first-order valence-corrected chi connectivity index (χ1v) is 8.54. The number of hydrogen-bond acceptors (Lipinski definition) is 3. The fraction of sp³-hybridized carbons (Fsp3) is 0.0769. The molecular weight excluding hydrogens is 396 g/mol. The Kier molecular flexibility index (Phi) is 3.60. The van der Waals surface area contributed by atoms with Crippen molar-refractivity contribution in [1.29, 1.82) is 0 Å². The van der Waals surface area contributed by atoms with Crippen LogP contribution < -0.4 is 0 Å². The Bertz CT molecular complexity index is 702. The number of thiophene rings is 2. The van der Waals surface area contributed by atoms with Crippen molar-refractivity contribution in [2.75, 3.05) is 0 Å². The van der Waals surface area contributed by atoms with Crippen LogP contribution in [-0.4, -0.2) is 5.11 Å². The Labute approximate surface area is 129 Å². The van der Waals surface area contributed by atoms with E-state index in [2.05, 4.69) is 37.9 Å². The third-order valence-electron chi connectivity index (χ3n) is 2.74. The lowest BCUT2D eigenvalue weighted by atomic mass is 10.1. The van der Waals surface area contributed by atoms with Crippen molar-refractivity contribution in [3.8, 4) is 0 Å². The SMILES string of the molecule is OC(c1ccc(Br)s1)c1csc2c(Br)cccc12. The molecule has 92 valence electrons. The van der Waals surface area contributed by atoms with Crippen molar-refractivity contribution in [2.24, 2.45) is 0 Å². The van der Waals surface area contributed by atoms with Gasteiger partial charge in [-0.15, -0.1) is 22.7 Å². The van der Waals surface area contributed by atoms with Crippen LogP contribution in [0.5, 0.6) is 0 Å². The summed E-state index contributed by atoms with van der Waals surface area (Å²) >= 11 is 10.2. The lowest BCUT2D eigenvalue weighted by Gasteiger charge is -2.07. The molecule has 0 aliphatic rings. The first-order chi connectivity index (χ1) is 8.66. The Balaban J connectivity index is 2.12. The molecule has 2 aromatic heterocycles. The average molecular weight is 404 g/mol. The van der Waals surface area contributed by atoms with E-state index < -0.39 is 6.10 Å². The van der Waals surface area contributed by atoms with Crippen LogP contribution in [0.25, 0.3) is 10.1 Å². The third kappa shape index (κ3) is 2.18. The highest BCUT2D eigenvalue weighted by Crippen LogP contribution is 2.39. The molecule has 1 N–H and O–H groups in total. The van der Waals surface area contributed by atoms with E-state index in [1.54, 1.807) is 22.7 Å². The van der Waals surface area contributed by atoms with Gasteiger partial charge in [0, 0.05) is 19.6 Å². The predicted molar refractivity (Wildman–Crippen MR) is 85.6 cm³/mol. The fourth-order valence-electron chi connectivity index (χ4n) is 1.88. The zero-order chi connectivity index (χ0) is 12.7. The molecule has 1 atom stereocenters. The number of fused-ring (bicyclic) bond motifs is 1. The number of aliphatic hydroxyl groups excluding tert-OH is 1. The van der Waals surface area contributed by atoms with Crippen molar-refractivity contribution in [3.05, 3.63) is 54.4 Å². The maximum Gasteiger partial charge on any atom is 0.115 e. The molecule has 0 amide bonds. The van der Waals surface area contributed by atoms with Crippen molar-refractivity contribution >= 4 is 64.6 Å². The Morgan fingerprint density at radius 2 is 1.94 bits per heavy atom. The van der Waals surface area contributed by atoms with Gasteiger partial charge in [-0.2, -0.15) is 0 Å². The van der Waals surface area contributed by atoms with E-state index in [0.717, 1.165) is 24.1 Å². The maximum atomic E-state index is 10.5. The normalized spacial score (nSPS) is 13.1. The number of aliphatic hydroxyl groups is 1. The molecule has 5 heteroatoms. The van der Waals surface area contributed by atoms with Gasteiger partial charge in [-0.25, -0.2) is 0 Å². The molecule has 18 heavy (non-hydrogen) atoms. The highest BCUT2D eigenvalue weighted by Gasteiger charge is 2.17. The van der Waals surface area contributed by atoms with Crippen LogP contribution in [0.3, 0.4) is 0 Å². The molecule has 0 saturated heterocycles. The molecule has 2 heterocycles. The van der Waals surface area contributed by atoms with Gasteiger partial charge in [0.2, 0.25) is 0 Å². The van der Waals surface area contributed by atoms with Crippen molar-refractivity contribution < 1.29 is 5.11 Å². The maximum absolute atomic E-state index is 10.5. The largest absolute Gasteiger partial charge is 0.383 e. The zero-order valence-electron chi connectivity index (χ0n) is 9.06. The zero-order valence-corrected chi connectivity index (χ0v) is 13.9. The molecular formula is C13H8Br2OS2. The highest BCUT2D eigenvalue weighted by molar-refractivity contribution is 9.11. The Morgan fingerprint density at radius 1 is 1.11 bits per heavy atom. The lowest BCUT2D eigenvalue weighted by molar-refractivity contribution is 0.226. The molecule has 1 nitrogen and oxygen atoms in total. The van der Waals surface area contributed by atoms with Crippen LogP contribution in [-0.2, 0) is 0 Å². The van der Waals surface area contributed by atoms with E-state index in [1.165, 1.54) is 4.70 Å². The first kappa shape index (κ1) is 12.8. The summed E-state index contributed by atoms with van der Waals surface area (Å²) in [5.41, 5.74) is 0.977. The van der Waals surface area contributed by atoms with E-state index in [4.69, 9.17) is 0 Å². The van der Waals surface area contributed by atoms with Gasteiger partial charge in [-0.05, 0) is 60.8 Å². The number of halogens is 2. The summed E-state index contributed by atoms with van der Waals surface area (Å²) in [5, 5.41) is 13.6. The summed E-state index contributed by atoms with van der Waals surface area (Å²) in [7, 11) is 0. The molecule has 3 aromatic rings. The molecule has 1 unspecified atom stereocenters. The fourth-order valence-corrected chi connectivity index (χ4v) is 4.95. The summed E-state index contributed by atoms with van der Waals surface area (Å²) in [6, 6.07) is 10.0. The summed E-state index contributed by atoms with van der Waals surface area (Å²) in [4.78, 5) is 0.960. The van der Waals surface area contributed by atoms with Gasteiger partial charge in [-0.3, -0.25) is 0 Å². The van der Waals surface area contributed by atoms with Gasteiger partial charge in [0.25, 0.3) is 0 Å². The van der Waals surface area contributed by atoms with Gasteiger partial charge in [0.1, 0.15) is 6.10 Å². The number of benzene rings is 1. The van der Waals surface area contributed by atoms with E-state index in [-0.39, 0.29) is 0 Å². The summed E-state index contributed by atoms with van der Waals surface area (Å²) in [6.07, 6.45) is -0.552. The van der Waals surface area contributed by atoms with Crippen LogP contribution >= 0.6 is 54.5 Å². The monoisotopic (exact) mass is 402 g/mol. The highest BCUT2D eigenvalue weighted by atomic mass is 79.9. The molecule has 0 fully saturated rings. The molecule has 0 aliphatic heterocycles. The second-order valence-corrected chi connectivity index (χ2v) is 8.08. The number of hydrogen-bond donors (Lipinski definition) is 1. The Hall–Kier alpha value is -0.200. The first-order valence-electron chi connectivity index (χ1n) is 5.25. The second-order valence-electron chi connectivity index (χ2n) is 3.85. The quantitative estimate of drug-likeness (QED) is 0.592. The van der Waals surface area contributed by atoms with Crippen LogP contribution in [0.15, 0.2) is 44.0 Å². The van der Waals surface area contributed by atoms with E-state index in [0.29, 0.717) is 0 Å². The lowest BCUT2D eigenvalue weighted by Crippen LogP contribution is -1.95. The molecule has 0 bridgehead atoms. The van der Waals surface area contributed by atoms with Crippen LogP contribution in [0, 0.1) is 0 Å². The Morgan fingerprint density at radius 3 is 2.67 bits per heavy atom. The minimum atomic E-state index is -0.552. The standard InChI is InChI=1S/C13H8Br2OS2/c14-9-3-1-2-7-8(6-17-13(7)9)12(16)10-4-5-11(15)18-10/h1-6,12,16H. The topological polar surface area (TPSA) is 20.2 Å². The average Bonchev–Trinajstić information content (AvgIpc) is 2.95. The van der Waals surface area contributed by atoms with Gasteiger partial charge in [0.15, 0.2) is 0 Å². The van der Waals surface area contributed by atoms with Crippen molar-refractivity contribution in [1.82, 2.24) is 0 Å². The smallest absolute Gasteiger partial charge is 0.115 e. The van der Waals surface area contributed by atoms with Crippen molar-refractivity contribution in [3.63, 3.8) is 0 Å². The van der Waals surface area contributed by atoms with Gasteiger partial charge >= 0.3 is 0 Å². The second kappa shape index (κ2) is 5.06. The minimum absolute atomic E-state index is 0.552.